The molecule has 1 aliphatic rings. The molecule has 2 rings (SSSR count). The minimum Gasteiger partial charge on any atom is -0.444 e. The van der Waals surface area contributed by atoms with E-state index < -0.39 is 5.60 Å². The van der Waals surface area contributed by atoms with Crippen molar-refractivity contribution in [1.82, 2.24) is 9.88 Å². The lowest BCUT2D eigenvalue weighted by Gasteiger charge is -2.38. The molecule has 0 bridgehead atoms. The second-order valence-electron chi connectivity index (χ2n) is 6.66. The number of carbonyl (C=O) groups is 1. The monoisotopic (exact) mass is 291 g/mol. The number of piperidine rings is 1. The molecule has 0 aromatic carbocycles. The summed E-state index contributed by atoms with van der Waals surface area (Å²) in [5.74, 6) is 0.111. The zero-order chi connectivity index (χ0) is 15.6. The third-order valence-corrected chi connectivity index (χ3v) is 3.77. The summed E-state index contributed by atoms with van der Waals surface area (Å²) in [6.07, 6.45) is 2.29. The normalized spacial score (nSPS) is 23.0. The van der Waals surface area contributed by atoms with E-state index in [0.717, 1.165) is 17.7 Å². The van der Waals surface area contributed by atoms with Crippen LogP contribution in [0.4, 0.5) is 4.79 Å². The van der Waals surface area contributed by atoms with Crippen molar-refractivity contribution in [2.75, 3.05) is 13.1 Å². The number of rotatable bonds is 1. The van der Waals surface area contributed by atoms with Crippen LogP contribution < -0.4 is 5.73 Å². The van der Waals surface area contributed by atoms with Crippen LogP contribution in [0.2, 0.25) is 0 Å². The van der Waals surface area contributed by atoms with Gasteiger partial charge in [-0.3, -0.25) is 4.98 Å². The topological polar surface area (TPSA) is 68.5 Å². The average Bonchev–Trinajstić information content (AvgIpc) is 2.38. The predicted octanol–water partition coefficient (Wildman–Crippen LogP) is 2.44. The molecule has 1 saturated heterocycles. The van der Waals surface area contributed by atoms with E-state index in [-0.39, 0.29) is 18.1 Å². The molecule has 2 N–H and O–H groups in total. The van der Waals surface area contributed by atoms with Gasteiger partial charge in [0.1, 0.15) is 5.60 Å². The van der Waals surface area contributed by atoms with Crippen LogP contribution in [0, 0.1) is 6.92 Å². The number of aromatic nitrogens is 1. The number of ether oxygens (including phenoxy) is 1. The zero-order valence-electron chi connectivity index (χ0n) is 13.3. The van der Waals surface area contributed by atoms with Crippen molar-refractivity contribution < 1.29 is 9.53 Å². The van der Waals surface area contributed by atoms with Crippen molar-refractivity contribution in [2.45, 2.75) is 51.7 Å². The number of nitrogens with zero attached hydrogens (tertiary/aromatic N) is 2. The molecule has 1 fully saturated rings. The molecule has 5 heteroatoms. The maximum atomic E-state index is 12.2. The van der Waals surface area contributed by atoms with Gasteiger partial charge in [-0.05, 0) is 45.7 Å². The lowest BCUT2D eigenvalue weighted by molar-refractivity contribution is 0.0186. The molecule has 21 heavy (non-hydrogen) atoms. The Kier molecular flexibility index (Phi) is 4.52. The molecule has 1 aliphatic heterocycles. The number of carbonyl (C=O) groups excluding carboxylic acids is 1. The molecular formula is C16H25N3O2. The van der Waals surface area contributed by atoms with Crippen molar-refractivity contribution in [3.8, 4) is 0 Å². The Hall–Kier alpha value is -1.62. The fourth-order valence-electron chi connectivity index (χ4n) is 2.68. The van der Waals surface area contributed by atoms with Gasteiger partial charge in [-0.2, -0.15) is 0 Å². The Morgan fingerprint density at radius 1 is 1.48 bits per heavy atom. The Bertz CT molecular complexity index is 510. The minimum absolute atomic E-state index is 0.0478. The summed E-state index contributed by atoms with van der Waals surface area (Å²) < 4.78 is 5.46. The standard InChI is InChI=1S/C16H25N3O2/c1-11-12(6-5-8-18-11)13-10-19(9-7-14(13)17)15(20)21-16(2,3)4/h5-6,8,13-14H,7,9-10,17H2,1-4H3/t13-,14+/m0/s1. The zero-order valence-corrected chi connectivity index (χ0v) is 13.3. The first-order chi connectivity index (χ1) is 9.78. The average molecular weight is 291 g/mol. The number of nitrogens with two attached hydrogens (primary N) is 1. The van der Waals surface area contributed by atoms with Crippen molar-refractivity contribution >= 4 is 6.09 Å². The van der Waals surface area contributed by atoms with E-state index in [0.29, 0.717) is 13.1 Å². The summed E-state index contributed by atoms with van der Waals surface area (Å²) in [5.41, 5.74) is 7.89. The van der Waals surface area contributed by atoms with Gasteiger partial charge < -0.3 is 15.4 Å². The van der Waals surface area contributed by atoms with Gasteiger partial charge in [-0.25, -0.2) is 4.79 Å². The Morgan fingerprint density at radius 2 is 2.19 bits per heavy atom. The molecule has 0 spiro atoms. The van der Waals surface area contributed by atoms with Gasteiger partial charge in [0, 0.05) is 36.9 Å². The van der Waals surface area contributed by atoms with E-state index in [1.54, 1.807) is 11.1 Å². The largest absolute Gasteiger partial charge is 0.444 e. The van der Waals surface area contributed by atoms with Crippen molar-refractivity contribution in [2.24, 2.45) is 5.73 Å². The quantitative estimate of drug-likeness (QED) is 0.863. The van der Waals surface area contributed by atoms with Crippen LogP contribution >= 0.6 is 0 Å². The summed E-state index contributed by atoms with van der Waals surface area (Å²) >= 11 is 0. The molecule has 5 nitrogen and oxygen atoms in total. The molecule has 1 amide bonds. The molecule has 0 saturated carbocycles. The highest BCUT2D eigenvalue weighted by Gasteiger charge is 2.33. The van der Waals surface area contributed by atoms with Gasteiger partial charge in [-0.15, -0.1) is 0 Å². The summed E-state index contributed by atoms with van der Waals surface area (Å²) in [5, 5.41) is 0. The first kappa shape index (κ1) is 15.8. The van der Waals surface area contributed by atoms with E-state index in [4.69, 9.17) is 10.5 Å². The van der Waals surface area contributed by atoms with Gasteiger partial charge in [0.15, 0.2) is 0 Å². The fourth-order valence-corrected chi connectivity index (χ4v) is 2.68. The van der Waals surface area contributed by atoms with Gasteiger partial charge in [0.05, 0.1) is 0 Å². The van der Waals surface area contributed by atoms with Crippen LogP contribution in [-0.2, 0) is 4.74 Å². The Labute approximate surface area is 126 Å². The van der Waals surface area contributed by atoms with Crippen LogP contribution in [0.5, 0.6) is 0 Å². The number of likely N-dealkylation sites (tertiary alicyclic amines) is 1. The van der Waals surface area contributed by atoms with E-state index in [9.17, 15) is 4.79 Å². The van der Waals surface area contributed by atoms with E-state index in [2.05, 4.69) is 4.98 Å². The molecule has 0 unspecified atom stereocenters. The SMILES string of the molecule is Cc1ncccc1[C@@H]1CN(C(=O)OC(C)(C)C)CC[C@H]1N. The smallest absolute Gasteiger partial charge is 0.410 e. The van der Waals surface area contributed by atoms with Crippen LogP contribution in [0.15, 0.2) is 18.3 Å². The third-order valence-electron chi connectivity index (χ3n) is 3.77. The molecule has 0 radical (unpaired) electrons. The van der Waals surface area contributed by atoms with Crippen molar-refractivity contribution in [1.29, 1.82) is 0 Å². The van der Waals surface area contributed by atoms with E-state index >= 15 is 0 Å². The lowest BCUT2D eigenvalue weighted by atomic mass is 9.86. The van der Waals surface area contributed by atoms with Crippen molar-refractivity contribution in [3.63, 3.8) is 0 Å². The third kappa shape index (κ3) is 3.94. The molecule has 0 aliphatic carbocycles. The first-order valence-electron chi connectivity index (χ1n) is 7.43. The van der Waals surface area contributed by atoms with Gasteiger partial charge in [0.2, 0.25) is 0 Å². The molecule has 2 heterocycles. The second-order valence-corrected chi connectivity index (χ2v) is 6.66. The number of amides is 1. The van der Waals surface area contributed by atoms with Crippen LogP contribution in [-0.4, -0.2) is 40.7 Å². The highest BCUT2D eigenvalue weighted by atomic mass is 16.6. The second kappa shape index (κ2) is 6.02. The Morgan fingerprint density at radius 3 is 2.81 bits per heavy atom. The Balaban J connectivity index is 2.13. The number of hydrogen-bond donors (Lipinski definition) is 1. The van der Waals surface area contributed by atoms with Gasteiger partial charge in [-0.1, -0.05) is 6.07 Å². The maximum absolute atomic E-state index is 12.2. The first-order valence-corrected chi connectivity index (χ1v) is 7.43. The summed E-state index contributed by atoms with van der Waals surface area (Å²) in [4.78, 5) is 18.3. The summed E-state index contributed by atoms with van der Waals surface area (Å²) in [7, 11) is 0. The number of pyridine rings is 1. The van der Waals surface area contributed by atoms with Crippen LogP contribution in [0.25, 0.3) is 0 Å². The number of aryl methyl sites for hydroxylation is 1. The lowest BCUT2D eigenvalue weighted by Crippen LogP contribution is -2.49. The fraction of sp³-hybridized carbons (Fsp3) is 0.625. The molecule has 2 atom stereocenters. The maximum Gasteiger partial charge on any atom is 0.410 e. The molecule has 1 aromatic heterocycles. The highest BCUT2D eigenvalue weighted by Crippen LogP contribution is 2.28. The molecule has 1 aromatic rings. The predicted molar refractivity (Wildman–Crippen MR) is 82.1 cm³/mol. The summed E-state index contributed by atoms with van der Waals surface area (Å²) in [6.45, 7) is 8.85. The van der Waals surface area contributed by atoms with E-state index in [1.165, 1.54) is 0 Å². The summed E-state index contributed by atoms with van der Waals surface area (Å²) in [6, 6.07) is 4.01. The minimum atomic E-state index is -0.476. The highest BCUT2D eigenvalue weighted by molar-refractivity contribution is 5.68. The molecular weight excluding hydrogens is 266 g/mol. The molecule has 116 valence electrons. The van der Waals surface area contributed by atoms with Gasteiger partial charge >= 0.3 is 6.09 Å². The van der Waals surface area contributed by atoms with Crippen LogP contribution in [0.3, 0.4) is 0 Å². The number of hydrogen-bond acceptors (Lipinski definition) is 4. The van der Waals surface area contributed by atoms with Gasteiger partial charge in [0.25, 0.3) is 0 Å². The van der Waals surface area contributed by atoms with Crippen molar-refractivity contribution in [3.05, 3.63) is 29.6 Å². The van der Waals surface area contributed by atoms with Crippen LogP contribution in [0.1, 0.15) is 44.4 Å². The van der Waals surface area contributed by atoms with E-state index in [1.807, 2.05) is 39.8 Å².